The van der Waals surface area contributed by atoms with Crippen LogP contribution in [0, 0.1) is 0 Å². The van der Waals surface area contributed by atoms with Crippen molar-refractivity contribution in [1.29, 1.82) is 0 Å². The third-order valence-corrected chi connectivity index (χ3v) is 4.41. The smallest absolute Gasteiger partial charge is 0.276 e. The Kier molecular flexibility index (Phi) is 7.87. The maximum absolute atomic E-state index is 12.2. The lowest BCUT2D eigenvalue weighted by molar-refractivity contribution is -0.123. The van der Waals surface area contributed by atoms with Gasteiger partial charge in [-0.15, -0.1) is 0 Å². The third-order valence-electron chi connectivity index (χ3n) is 3.79. The number of carbonyl (C=O) groups excluding carboxylic acids is 2. The maximum atomic E-state index is 12.2. The van der Waals surface area contributed by atoms with Crippen LogP contribution in [0.2, 0.25) is 0 Å². The normalized spacial score (nSPS) is 10.7. The van der Waals surface area contributed by atoms with Crippen molar-refractivity contribution in [3.8, 4) is 11.5 Å². The average molecular weight is 449 g/mol. The molecule has 0 heterocycles. The molecule has 0 spiro atoms. The number of ether oxygens (including phenoxy) is 2. The lowest BCUT2D eigenvalue weighted by atomic mass is 10.0. The lowest BCUT2D eigenvalue weighted by Crippen LogP contribution is -2.43. The van der Waals surface area contributed by atoms with E-state index in [2.05, 4.69) is 40.6 Å². The molecular formula is C21H25BrN2O4. The number of hydrogen-bond donors (Lipinski definition) is 2. The number of benzene rings is 2. The number of carbonyl (C=O) groups is 2. The van der Waals surface area contributed by atoms with E-state index in [1.807, 2.05) is 38.1 Å². The molecule has 2 aromatic carbocycles. The van der Waals surface area contributed by atoms with Crippen molar-refractivity contribution in [1.82, 2.24) is 10.9 Å². The Morgan fingerprint density at radius 3 is 2.25 bits per heavy atom. The third kappa shape index (κ3) is 6.56. The van der Waals surface area contributed by atoms with Gasteiger partial charge in [0.15, 0.2) is 6.61 Å². The summed E-state index contributed by atoms with van der Waals surface area (Å²) >= 11 is 3.38. The molecule has 0 saturated heterocycles. The van der Waals surface area contributed by atoms with Gasteiger partial charge in [-0.05, 0) is 71.6 Å². The van der Waals surface area contributed by atoms with E-state index in [1.165, 1.54) is 5.56 Å². The zero-order valence-corrected chi connectivity index (χ0v) is 18.0. The van der Waals surface area contributed by atoms with Gasteiger partial charge in [-0.3, -0.25) is 20.4 Å². The van der Waals surface area contributed by atoms with Crippen LogP contribution < -0.4 is 20.3 Å². The molecule has 7 heteroatoms. The van der Waals surface area contributed by atoms with Gasteiger partial charge in [-0.1, -0.05) is 26.0 Å². The molecule has 0 atom stereocenters. The number of nitrogens with one attached hydrogen (secondary N) is 2. The van der Waals surface area contributed by atoms with Crippen molar-refractivity contribution in [3.63, 3.8) is 0 Å². The fraction of sp³-hybridized carbons (Fsp3) is 0.333. The summed E-state index contributed by atoms with van der Waals surface area (Å²) in [6.07, 6.45) is 0.0249. The molecule has 0 aliphatic heterocycles. The van der Waals surface area contributed by atoms with E-state index in [-0.39, 0.29) is 12.7 Å². The summed E-state index contributed by atoms with van der Waals surface area (Å²) < 4.78 is 11.7. The van der Waals surface area contributed by atoms with Gasteiger partial charge >= 0.3 is 0 Å². The SMILES string of the molecule is CC(C)Oc1ccc(C(=O)NNC(=O)COc2ccc(C(C)C)cc2)cc1Br. The van der Waals surface area contributed by atoms with Crippen LogP contribution in [0.4, 0.5) is 0 Å². The molecule has 2 aromatic rings. The second-order valence-electron chi connectivity index (χ2n) is 6.83. The van der Waals surface area contributed by atoms with Crippen molar-refractivity contribution in [2.24, 2.45) is 0 Å². The number of hydrazine groups is 1. The minimum Gasteiger partial charge on any atom is -0.490 e. The molecule has 0 bridgehead atoms. The Bertz CT molecular complexity index is 820. The molecule has 28 heavy (non-hydrogen) atoms. The first kappa shape index (κ1) is 21.8. The van der Waals surface area contributed by atoms with Crippen molar-refractivity contribution < 1.29 is 19.1 Å². The molecule has 2 amide bonds. The Morgan fingerprint density at radius 2 is 1.68 bits per heavy atom. The van der Waals surface area contributed by atoms with Crippen LogP contribution in [0.25, 0.3) is 0 Å². The first-order valence-electron chi connectivity index (χ1n) is 9.04. The standard InChI is InChI=1S/C21H25BrN2O4/c1-13(2)15-5-8-17(9-6-15)27-12-20(25)23-24-21(26)16-7-10-19(18(22)11-16)28-14(3)4/h5-11,13-14H,12H2,1-4H3,(H,23,25)(H,24,26). The molecule has 0 aliphatic rings. The van der Waals surface area contributed by atoms with Crippen LogP contribution in [0.5, 0.6) is 11.5 Å². The summed E-state index contributed by atoms with van der Waals surface area (Å²) in [5, 5.41) is 0. The molecular weight excluding hydrogens is 424 g/mol. The van der Waals surface area contributed by atoms with E-state index >= 15 is 0 Å². The van der Waals surface area contributed by atoms with Gasteiger partial charge in [0.05, 0.1) is 10.6 Å². The molecule has 0 radical (unpaired) electrons. The van der Waals surface area contributed by atoms with Gasteiger partial charge in [-0.2, -0.15) is 0 Å². The van der Waals surface area contributed by atoms with Crippen molar-refractivity contribution >= 4 is 27.7 Å². The summed E-state index contributed by atoms with van der Waals surface area (Å²) in [6, 6.07) is 12.5. The van der Waals surface area contributed by atoms with Crippen LogP contribution in [-0.2, 0) is 4.79 Å². The van der Waals surface area contributed by atoms with Crippen molar-refractivity contribution in [2.75, 3.05) is 6.61 Å². The molecule has 2 rings (SSSR count). The zero-order chi connectivity index (χ0) is 20.7. The van der Waals surface area contributed by atoms with Crippen LogP contribution in [0.1, 0.15) is 49.5 Å². The summed E-state index contributed by atoms with van der Waals surface area (Å²) in [7, 11) is 0. The highest BCUT2D eigenvalue weighted by molar-refractivity contribution is 9.10. The minimum atomic E-state index is -0.458. The Labute approximate surface area is 173 Å². The number of rotatable bonds is 7. The first-order chi connectivity index (χ1) is 13.3. The lowest BCUT2D eigenvalue weighted by Gasteiger charge is -2.13. The highest BCUT2D eigenvalue weighted by Gasteiger charge is 2.11. The fourth-order valence-electron chi connectivity index (χ4n) is 2.32. The van der Waals surface area contributed by atoms with Gasteiger partial charge in [0.2, 0.25) is 0 Å². The fourth-order valence-corrected chi connectivity index (χ4v) is 2.80. The van der Waals surface area contributed by atoms with Gasteiger partial charge in [0.25, 0.3) is 11.8 Å². The van der Waals surface area contributed by atoms with Crippen molar-refractivity contribution in [3.05, 3.63) is 58.1 Å². The molecule has 0 saturated carbocycles. The Morgan fingerprint density at radius 1 is 1.00 bits per heavy atom. The van der Waals surface area contributed by atoms with Crippen LogP contribution in [0.15, 0.2) is 46.9 Å². The molecule has 0 aromatic heterocycles. The van der Waals surface area contributed by atoms with E-state index in [0.29, 0.717) is 27.5 Å². The summed E-state index contributed by atoms with van der Waals surface area (Å²) in [5.41, 5.74) is 6.28. The predicted octanol–water partition coefficient (Wildman–Crippen LogP) is 4.20. The number of amides is 2. The van der Waals surface area contributed by atoms with Crippen molar-refractivity contribution in [2.45, 2.75) is 39.7 Å². The summed E-state index contributed by atoms with van der Waals surface area (Å²) in [4.78, 5) is 24.1. The summed E-state index contributed by atoms with van der Waals surface area (Å²) in [6.45, 7) is 7.85. The van der Waals surface area contributed by atoms with Gasteiger partial charge < -0.3 is 9.47 Å². The second-order valence-corrected chi connectivity index (χ2v) is 7.68. The Balaban J connectivity index is 1.82. The van der Waals surface area contributed by atoms with Crippen LogP contribution >= 0.6 is 15.9 Å². The monoisotopic (exact) mass is 448 g/mol. The number of halogens is 1. The predicted molar refractivity (Wildman–Crippen MR) is 112 cm³/mol. The van der Waals surface area contributed by atoms with Gasteiger partial charge in [-0.25, -0.2) is 0 Å². The molecule has 0 fully saturated rings. The maximum Gasteiger partial charge on any atom is 0.276 e. The first-order valence-corrected chi connectivity index (χ1v) is 9.83. The van der Waals surface area contributed by atoms with E-state index < -0.39 is 11.8 Å². The van der Waals surface area contributed by atoms with Crippen LogP contribution in [-0.4, -0.2) is 24.5 Å². The van der Waals surface area contributed by atoms with Crippen LogP contribution in [0.3, 0.4) is 0 Å². The zero-order valence-electron chi connectivity index (χ0n) is 16.4. The van der Waals surface area contributed by atoms with Gasteiger partial charge in [0.1, 0.15) is 11.5 Å². The highest BCUT2D eigenvalue weighted by Crippen LogP contribution is 2.26. The van der Waals surface area contributed by atoms with Gasteiger partial charge in [0, 0.05) is 5.56 Å². The largest absolute Gasteiger partial charge is 0.490 e. The summed E-state index contributed by atoms with van der Waals surface area (Å²) in [5.74, 6) is 0.771. The van der Waals surface area contributed by atoms with E-state index in [4.69, 9.17) is 9.47 Å². The number of hydrogen-bond acceptors (Lipinski definition) is 4. The topological polar surface area (TPSA) is 76.7 Å². The average Bonchev–Trinajstić information content (AvgIpc) is 2.66. The van der Waals surface area contributed by atoms with E-state index in [1.54, 1.807) is 18.2 Å². The Hall–Kier alpha value is -2.54. The highest BCUT2D eigenvalue weighted by atomic mass is 79.9. The second kappa shape index (κ2) is 10.1. The van der Waals surface area contributed by atoms with E-state index in [0.717, 1.165) is 0 Å². The minimum absolute atomic E-state index is 0.0249. The quantitative estimate of drug-likeness (QED) is 0.622. The van der Waals surface area contributed by atoms with E-state index in [9.17, 15) is 9.59 Å². The molecule has 150 valence electrons. The molecule has 0 aliphatic carbocycles. The molecule has 0 unspecified atom stereocenters. The molecule has 6 nitrogen and oxygen atoms in total. The molecule has 2 N–H and O–H groups in total.